The van der Waals surface area contributed by atoms with Crippen LogP contribution in [0.15, 0.2) is 77.9 Å². The molecule has 0 aliphatic carbocycles. The standard InChI is InChI=1S/C29H29N9O3S/c1-18-15-23(42-34-18)33-28(40)19-10-12-20(13-11-19)37-25-26(30)31-17-32-27(25)38(29(37)41)22-8-5-7-21(16-22)36(4)24(39)9-6-14-35(2)3/h5-13,15-17H,14H2,1-4H3,(H,33,40)(H2,30,31,32). The normalized spacial score (nSPS) is 11.5. The van der Waals surface area contributed by atoms with Crippen molar-refractivity contribution in [3.8, 4) is 11.4 Å². The van der Waals surface area contributed by atoms with Crippen LogP contribution >= 0.6 is 11.5 Å². The summed E-state index contributed by atoms with van der Waals surface area (Å²) in [4.78, 5) is 51.4. The summed E-state index contributed by atoms with van der Waals surface area (Å²) in [6, 6.07) is 15.4. The minimum Gasteiger partial charge on any atom is -0.382 e. The summed E-state index contributed by atoms with van der Waals surface area (Å²) in [6.07, 6.45) is 4.60. The Morgan fingerprint density at radius 2 is 1.79 bits per heavy atom. The van der Waals surface area contributed by atoms with Crippen molar-refractivity contribution in [1.82, 2.24) is 28.4 Å². The summed E-state index contributed by atoms with van der Waals surface area (Å²) < 4.78 is 7.00. The van der Waals surface area contributed by atoms with Gasteiger partial charge in [-0.1, -0.05) is 12.1 Å². The lowest BCUT2D eigenvalue weighted by molar-refractivity contribution is -0.113. The Morgan fingerprint density at radius 3 is 2.48 bits per heavy atom. The molecular formula is C29H29N9O3S. The quantitative estimate of drug-likeness (QED) is 0.265. The monoisotopic (exact) mass is 583 g/mol. The third-order valence-electron chi connectivity index (χ3n) is 6.44. The average Bonchev–Trinajstić information content (AvgIpc) is 3.52. The minimum atomic E-state index is -0.438. The number of hydrogen-bond acceptors (Lipinski definition) is 9. The maximum atomic E-state index is 13.9. The number of fused-ring (bicyclic) bond motifs is 1. The smallest absolute Gasteiger partial charge is 0.339 e. The van der Waals surface area contributed by atoms with Gasteiger partial charge in [0.1, 0.15) is 16.8 Å². The van der Waals surface area contributed by atoms with Crippen LogP contribution in [-0.2, 0) is 4.79 Å². The van der Waals surface area contributed by atoms with E-state index in [0.29, 0.717) is 45.3 Å². The van der Waals surface area contributed by atoms with Crippen molar-refractivity contribution < 1.29 is 9.59 Å². The molecule has 3 N–H and O–H groups in total. The molecule has 0 spiro atoms. The highest BCUT2D eigenvalue weighted by Gasteiger charge is 2.21. The predicted molar refractivity (Wildman–Crippen MR) is 165 cm³/mol. The van der Waals surface area contributed by atoms with Crippen LogP contribution in [0.5, 0.6) is 0 Å². The first-order valence-corrected chi connectivity index (χ1v) is 13.7. The van der Waals surface area contributed by atoms with Crippen LogP contribution in [0.1, 0.15) is 16.1 Å². The number of carbonyl (C=O) groups excluding carboxylic acids is 2. The zero-order chi connectivity index (χ0) is 30.0. The second-order valence-electron chi connectivity index (χ2n) is 9.80. The van der Waals surface area contributed by atoms with E-state index < -0.39 is 5.69 Å². The summed E-state index contributed by atoms with van der Waals surface area (Å²) in [6.45, 7) is 2.48. The molecule has 0 atom stereocenters. The Hall–Kier alpha value is -5.14. The van der Waals surface area contributed by atoms with Gasteiger partial charge in [0.2, 0.25) is 5.91 Å². The lowest BCUT2D eigenvalue weighted by Crippen LogP contribution is -2.25. The Balaban J connectivity index is 1.52. The van der Waals surface area contributed by atoms with Crippen LogP contribution < -0.4 is 21.6 Å². The SMILES string of the molecule is Cc1cc(NC(=O)c2ccc(-n3c(=O)n(-c4cccc(N(C)C(=O)C=CCN(C)C)c4)c4ncnc(N)c43)cc2)sn1. The first kappa shape index (κ1) is 28.4. The van der Waals surface area contributed by atoms with E-state index in [0.717, 1.165) is 5.69 Å². The van der Waals surface area contributed by atoms with Crippen molar-refractivity contribution in [1.29, 1.82) is 0 Å². The van der Waals surface area contributed by atoms with E-state index in [-0.39, 0.29) is 17.6 Å². The molecule has 2 aromatic carbocycles. The topological polar surface area (TPSA) is 144 Å². The summed E-state index contributed by atoms with van der Waals surface area (Å²) in [5.74, 6) is -0.382. The molecule has 0 aliphatic rings. The number of carbonyl (C=O) groups is 2. The second-order valence-corrected chi connectivity index (χ2v) is 10.6. The van der Waals surface area contributed by atoms with Gasteiger partial charge >= 0.3 is 5.69 Å². The highest BCUT2D eigenvalue weighted by atomic mass is 32.1. The number of amides is 2. The van der Waals surface area contributed by atoms with Gasteiger partial charge in [0.25, 0.3) is 5.91 Å². The Bertz CT molecular complexity index is 1870. The number of hydrogen-bond donors (Lipinski definition) is 2. The second kappa shape index (κ2) is 11.8. The highest BCUT2D eigenvalue weighted by Crippen LogP contribution is 2.25. The average molecular weight is 584 g/mol. The van der Waals surface area contributed by atoms with Gasteiger partial charge in [0.05, 0.1) is 17.1 Å². The molecule has 5 aromatic rings. The van der Waals surface area contributed by atoms with Crippen LogP contribution in [0.25, 0.3) is 22.5 Å². The number of aromatic nitrogens is 5. The Labute approximate surface area is 245 Å². The number of nitrogen functional groups attached to an aromatic ring is 1. The molecule has 3 aromatic heterocycles. The Morgan fingerprint density at radius 1 is 1.02 bits per heavy atom. The summed E-state index contributed by atoms with van der Waals surface area (Å²) in [5, 5.41) is 3.47. The fourth-order valence-electron chi connectivity index (χ4n) is 4.33. The van der Waals surface area contributed by atoms with E-state index in [9.17, 15) is 14.4 Å². The van der Waals surface area contributed by atoms with E-state index in [1.807, 2.05) is 25.9 Å². The zero-order valence-electron chi connectivity index (χ0n) is 23.5. The third-order valence-corrected chi connectivity index (χ3v) is 7.23. The number of benzene rings is 2. The molecule has 214 valence electrons. The van der Waals surface area contributed by atoms with Crippen molar-refractivity contribution in [2.24, 2.45) is 0 Å². The molecule has 42 heavy (non-hydrogen) atoms. The van der Waals surface area contributed by atoms with Crippen molar-refractivity contribution in [3.63, 3.8) is 0 Å². The number of nitrogens with one attached hydrogen (secondary N) is 1. The van der Waals surface area contributed by atoms with Crippen molar-refractivity contribution >= 4 is 51.0 Å². The third kappa shape index (κ3) is 5.68. The van der Waals surface area contributed by atoms with E-state index in [4.69, 9.17) is 5.73 Å². The van der Waals surface area contributed by atoms with Gasteiger partial charge in [-0.25, -0.2) is 19.3 Å². The summed E-state index contributed by atoms with van der Waals surface area (Å²) in [5.41, 5.74) is 9.22. The highest BCUT2D eigenvalue weighted by molar-refractivity contribution is 7.10. The fraction of sp³-hybridized carbons (Fsp3) is 0.172. The molecule has 0 aliphatic heterocycles. The van der Waals surface area contributed by atoms with Crippen molar-refractivity contribution in [3.05, 3.63) is 94.8 Å². The van der Waals surface area contributed by atoms with Gasteiger partial charge in [-0.15, -0.1) is 0 Å². The molecule has 0 fully saturated rings. The number of rotatable bonds is 8. The maximum absolute atomic E-state index is 13.9. The van der Waals surface area contributed by atoms with Crippen molar-refractivity contribution in [2.45, 2.75) is 6.92 Å². The van der Waals surface area contributed by atoms with E-state index in [1.165, 1.54) is 38.0 Å². The molecule has 5 rings (SSSR count). The molecule has 0 saturated carbocycles. The molecule has 13 heteroatoms. The largest absolute Gasteiger partial charge is 0.382 e. The molecule has 3 heterocycles. The number of likely N-dealkylation sites (N-methyl/N-ethyl adjacent to an activating group) is 2. The number of anilines is 3. The first-order valence-electron chi connectivity index (χ1n) is 12.9. The zero-order valence-corrected chi connectivity index (χ0v) is 24.3. The number of nitrogens with two attached hydrogens (primary N) is 1. The molecule has 2 amide bonds. The number of aryl methyl sites for hydroxylation is 1. The van der Waals surface area contributed by atoms with Gasteiger partial charge in [-0.2, -0.15) is 4.37 Å². The Kier molecular flexibility index (Phi) is 7.95. The van der Waals surface area contributed by atoms with Gasteiger partial charge in [0, 0.05) is 30.9 Å². The van der Waals surface area contributed by atoms with Crippen molar-refractivity contribution in [2.75, 3.05) is 43.6 Å². The van der Waals surface area contributed by atoms with Crippen LogP contribution in [0.3, 0.4) is 0 Å². The lowest BCUT2D eigenvalue weighted by Gasteiger charge is -2.16. The van der Waals surface area contributed by atoms with Gasteiger partial charge in [0.15, 0.2) is 11.5 Å². The lowest BCUT2D eigenvalue weighted by atomic mass is 10.2. The van der Waals surface area contributed by atoms with Gasteiger partial charge in [-0.3, -0.25) is 14.2 Å². The van der Waals surface area contributed by atoms with Crippen LogP contribution in [0.4, 0.5) is 16.5 Å². The molecular weight excluding hydrogens is 554 g/mol. The summed E-state index contributed by atoms with van der Waals surface area (Å²) in [7, 11) is 5.51. The van der Waals surface area contributed by atoms with Gasteiger partial charge < -0.3 is 20.9 Å². The molecule has 12 nitrogen and oxygen atoms in total. The minimum absolute atomic E-state index is 0.118. The molecule has 0 unspecified atom stereocenters. The fourth-order valence-corrected chi connectivity index (χ4v) is 4.99. The van der Waals surface area contributed by atoms with Crippen LogP contribution in [-0.4, -0.2) is 67.9 Å². The van der Waals surface area contributed by atoms with Gasteiger partial charge in [-0.05, 0) is 81.1 Å². The number of nitrogens with zero attached hydrogens (tertiary/aromatic N) is 7. The molecule has 0 bridgehead atoms. The first-order chi connectivity index (χ1) is 20.1. The number of imidazole rings is 1. The molecule has 0 radical (unpaired) electrons. The van der Waals surface area contributed by atoms with Crippen LogP contribution in [0, 0.1) is 6.92 Å². The summed E-state index contributed by atoms with van der Waals surface area (Å²) >= 11 is 1.20. The maximum Gasteiger partial charge on any atom is 0.339 e. The van der Waals surface area contributed by atoms with E-state index in [1.54, 1.807) is 67.7 Å². The van der Waals surface area contributed by atoms with Crippen LogP contribution in [0.2, 0.25) is 0 Å². The predicted octanol–water partition coefficient (Wildman–Crippen LogP) is 3.25. The van der Waals surface area contributed by atoms with E-state index in [2.05, 4.69) is 19.7 Å². The van der Waals surface area contributed by atoms with E-state index >= 15 is 0 Å². The molecule has 0 saturated heterocycles.